The Morgan fingerprint density at radius 1 is 1.53 bits per heavy atom. The van der Waals surface area contributed by atoms with Crippen LogP contribution in [0.3, 0.4) is 0 Å². The molecule has 1 unspecified atom stereocenters. The molecule has 76 valence electrons. The van der Waals surface area contributed by atoms with Crippen LogP contribution in [0.2, 0.25) is 0 Å². The number of hydrogen-bond acceptors (Lipinski definition) is 3. The van der Waals surface area contributed by atoms with E-state index in [2.05, 4.69) is 11.0 Å². The predicted octanol–water partition coefficient (Wildman–Crippen LogP) is 1.73. The van der Waals surface area contributed by atoms with E-state index in [4.69, 9.17) is 5.26 Å². The monoisotopic (exact) mass is 200 g/mol. The van der Waals surface area contributed by atoms with E-state index in [0.717, 1.165) is 31.4 Å². The highest BCUT2D eigenvalue weighted by Crippen LogP contribution is 2.24. The average molecular weight is 200 g/mol. The summed E-state index contributed by atoms with van der Waals surface area (Å²) in [5.74, 6) is 0. The van der Waals surface area contributed by atoms with E-state index in [0.29, 0.717) is 5.56 Å². The second kappa shape index (κ2) is 4.14. The van der Waals surface area contributed by atoms with E-state index in [1.807, 2.05) is 18.2 Å². The number of hydrogen-bond donors (Lipinski definition) is 0. The minimum atomic E-state index is -0.0149. The van der Waals surface area contributed by atoms with Gasteiger partial charge in [0.05, 0.1) is 17.7 Å². The fourth-order valence-corrected chi connectivity index (χ4v) is 2.01. The third-order valence-electron chi connectivity index (χ3n) is 2.76. The van der Waals surface area contributed by atoms with Gasteiger partial charge in [-0.3, -0.25) is 0 Å². The maximum Gasteiger partial charge on any atom is 0.142 e. The molecule has 0 radical (unpaired) electrons. The average Bonchev–Trinajstić information content (AvgIpc) is 2.77. The topological polar surface area (TPSA) is 44.1 Å². The van der Waals surface area contributed by atoms with Crippen LogP contribution in [-0.4, -0.2) is 18.9 Å². The summed E-state index contributed by atoms with van der Waals surface area (Å²) in [4.78, 5) is 12.9. The van der Waals surface area contributed by atoms with Gasteiger partial charge in [0, 0.05) is 12.2 Å². The van der Waals surface area contributed by atoms with Crippen LogP contribution in [0, 0.1) is 11.3 Å². The molecule has 1 aliphatic heterocycles. The van der Waals surface area contributed by atoms with Crippen molar-refractivity contribution in [2.45, 2.75) is 18.9 Å². The number of carbonyl (C=O) groups is 1. The highest BCUT2D eigenvalue weighted by atomic mass is 16.1. The highest BCUT2D eigenvalue weighted by Gasteiger charge is 2.23. The molecule has 1 saturated heterocycles. The quantitative estimate of drug-likeness (QED) is 0.683. The summed E-state index contributed by atoms with van der Waals surface area (Å²) in [6.45, 7) is 0.901. The SMILES string of the molecule is N#Cc1cccc(N2CCCC2C=O)c1. The number of nitrogens with zero attached hydrogens (tertiary/aromatic N) is 2. The number of carbonyl (C=O) groups excluding carboxylic acids is 1. The van der Waals surface area contributed by atoms with Gasteiger partial charge in [0.25, 0.3) is 0 Å². The smallest absolute Gasteiger partial charge is 0.142 e. The molecular weight excluding hydrogens is 188 g/mol. The van der Waals surface area contributed by atoms with E-state index >= 15 is 0 Å². The Hall–Kier alpha value is -1.82. The lowest BCUT2D eigenvalue weighted by Crippen LogP contribution is -2.30. The zero-order valence-corrected chi connectivity index (χ0v) is 8.39. The van der Waals surface area contributed by atoms with Crippen molar-refractivity contribution >= 4 is 12.0 Å². The maximum absolute atomic E-state index is 10.8. The van der Waals surface area contributed by atoms with Gasteiger partial charge in [0.1, 0.15) is 6.29 Å². The minimum Gasteiger partial charge on any atom is -0.362 e. The van der Waals surface area contributed by atoms with Crippen molar-refractivity contribution in [2.24, 2.45) is 0 Å². The summed E-state index contributed by atoms with van der Waals surface area (Å²) in [6, 6.07) is 9.50. The van der Waals surface area contributed by atoms with Crippen molar-refractivity contribution < 1.29 is 4.79 Å². The first-order chi connectivity index (χ1) is 7.35. The molecule has 0 bridgehead atoms. The first-order valence-electron chi connectivity index (χ1n) is 5.07. The Kier molecular flexibility index (Phi) is 2.68. The van der Waals surface area contributed by atoms with Crippen molar-refractivity contribution in [3.05, 3.63) is 29.8 Å². The Morgan fingerprint density at radius 3 is 3.13 bits per heavy atom. The first-order valence-corrected chi connectivity index (χ1v) is 5.07. The fraction of sp³-hybridized carbons (Fsp3) is 0.333. The number of aldehydes is 1. The predicted molar refractivity (Wildman–Crippen MR) is 57.6 cm³/mol. The van der Waals surface area contributed by atoms with Crippen LogP contribution < -0.4 is 4.90 Å². The van der Waals surface area contributed by atoms with Gasteiger partial charge < -0.3 is 9.69 Å². The molecule has 3 nitrogen and oxygen atoms in total. The number of rotatable bonds is 2. The molecule has 15 heavy (non-hydrogen) atoms. The van der Waals surface area contributed by atoms with Crippen molar-refractivity contribution in [1.82, 2.24) is 0 Å². The van der Waals surface area contributed by atoms with Crippen molar-refractivity contribution in [2.75, 3.05) is 11.4 Å². The Balaban J connectivity index is 2.29. The molecule has 1 atom stereocenters. The second-order valence-corrected chi connectivity index (χ2v) is 3.70. The van der Waals surface area contributed by atoms with E-state index < -0.39 is 0 Å². The molecule has 1 aromatic rings. The maximum atomic E-state index is 10.8. The summed E-state index contributed by atoms with van der Waals surface area (Å²) in [6.07, 6.45) is 2.95. The van der Waals surface area contributed by atoms with E-state index in [9.17, 15) is 4.79 Å². The molecule has 1 aliphatic rings. The normalized spacial score (nSPS) is 19.9. The summed E-state index contributed by atoms with van der Waals surface area (Å²) >= 11 is 0. The third-order valence-corrected chi connectivity index (χ3v) is 2.76. The Labute approximate surface area is 88.9 Å². The summed E-state index contributed by atoms with van der Waals surface area (Å²) < 4.78 is 0. The first kappa shape index (κ1) is 9.72. The molecule has 0 N–H and O–H groups in total. The van der Waals surface area contributed by atoms with Crippen LogP contribution in [0.15, 0.2) is 24.3 Å². The van der Waals surface area contributed by atoms with Gasteiger partial charge in [-0.05, 0) is 31.0 Å². The van der Waals surface area contributed by atoms with Crippen LogP contribution >= 0.6 is 0 Å². The summed E-state index contributed by atoms with van der Waals surface area (Å²) in [5, 5.41) is 8.79. The van der Waals surface area contributed by atoms with Crippen LogP contribution in [-0.2, 0) is 4.79 Å². The van der Waals surface area contributed by atoms with Crippen LogP contribution in [0.25, 0.3) is 0 Å². The Morgan fingerprint density at radius 2 is 2.40 bits per heavy atom. The fourth-order valence-electron chi connectivity index (χ4n) is 2.01. The van der Waals surface area contributed by atoms with E-state index in [1.165, 1.54) is 0 Å². The third kappa shape index (κ3) is 1.84. The molecule has 1 heterocycles. The summed E-state index contributed by atoms with van der Waals surface area (Å²) in [5.41, 5.74) is 1.62. The van der Waals surface area contributed by atoms with Gasteiger partial charge in [0.15, 0.2) is 0 Å². The van der Waals surface area contributed by atoms with Gasteiger partial charge in [-0.2, -0.15) is 5.26 Å². The zero-order chi connectivity index (χ0) is 10.7. The molecule has 0 aliphatic carbocycles. The van der Waals surface area contributed by atoms with Gasteiger partial charge in [0.2, 0.25) is 0 Å². The lowest BCUT2D eigenvalue weighted by molar-refractivity contribution is -0.108. The second-order valence-electron chi connectivity index (χ2n) is 3.70. The van der Waals surface area contributed by atoms with Crippen molar-refractivity contribution in [3.8, 4) is 6.07 Å². The zero-order valence-electron chi connectivity index (χ0n) is 8.39. The van der Waals surface area contributed by atoms with Crippen molar-refractivity contribution in [1.29, 1.82) is 5.26 Å². The van der Waals surface area contributed by atoms with Gasteiger partial charge in [-0.15, -0.1) is 0 Å². The molecule has 0 saturated carbocycles. The minimum absolute atomic E-state index is 0.0149. The molecule has 1 aromatic carbocycles. The molecule has 0 spiro atoms. The van der Waals surface area contributed by atoms with Crippen LogP contribution in [0.5, 0.6) is 0 Å². The van der Waals surface area contributed by atoms with Gasteiger partial charge in [-0.1, -0.05) is 6.07 Å². The number of benzene rings is 1. The molecule has 0 aromatic heterocycles. The summed E-state index contributed by atoms with van der Waals surface area (Å²) in [7, 11) is 0. The van der Waals surface area contributed by atoms with Crippen LogP contribution in [0.4, 0.5) is 5.69 Å². The number of nitriles is 1. The number of anilines is 1. The highest BCUT2D eigenvalue weighted by molar-refractivity contribution is 5.67. The van der Waals surface area contributed by atoms with E-state index in [-0.39, 0.29) is 6.04 Å². The largest absolute Gasteiger partial charge is 0.362 e. The van der Waals surface area contributed by atoms with Gasteiger partial charge in [-0.25, -0.2) is 0 Å². The molecule has 1 fully saturated rings. The van der Waals surface area contributed by atoms with Crippen LogP contribution in [0.1, 0.15) is 18.4 Å². The molecule has 0 amide bonds. The Bertz CT molecular complexity index is 408. The lowest BCUT2D eigenvalue weighted by atomic mass is 10.2. The molecule has 3 heteroatoms. The van der Waals surface area contributed by atoms with E-state index in [1.54, 1.807) is 6.07 Å². The standard InChI is InChI=1S/C12H12N2O/c13-8-10-3-1-4-11(7-10)14-6-2-5-12(14)9-15/h1,3-4,7,9,12H,2,5-6H2. The van der Waals surface area contributed by atoms with Gasteiger partial charge >= 0.3 is 0 Å². The molecular formula is C12H12N2O. The lowest BCUT2D eigenvalue weighted by Gasteiger charge is -2.22. The van der Waals surface area contributed by atoms with Crippen molar-refractivity contribution in [3.63, 3.8) is 0 Å². The molecule has 2 rings (SSSR count).